The molecule has 0 aliphatic carbocycles. The number of ether oxygens (including phenoxy) is 1. The smallest absolute Gasteiger partial charge is 0.453 e. The SMILES string of the molecule is CC1(C)OB(c2ccc(-c3ccc4c(c3)Oc3ccccc3N4c3ccccc3)cc2)OC1(C)C. The molecule has 35 heavy (non-hydrogen) atoms. The van der Waals surface area contributed by atoms with Crippen LogP contribution in [0.15, 0.2) is 97.1 Å². The minimum Gasteiger partial charge on any atom is -0.453 e. The number of hydrogen-bond donors (Lipinski definition) is 0. The first kappa shape index (κ1) is 22.0. The lowest BCUT2D eigenvalue weighted by molar-refractivity contribution is 0.00578. The third-order valence-electron chi connectivity index (χ3n) is 7.31. The van der Waals surface area contributed by atoms with E-state index in [1.54, 1.807) is 0 Å². The highest BCUT2D eigenvalue weighted by Gasteiger charge is 2.51. The van der Waals surface area contributed by atoms with Crippen LogP contribution in [0.4, 0.5) is 17.1 Å². The van der Waals surface area contributed by atoms with E-state index in [-0.39, 0.29) is 18.3 Å². The summed E-state index contributed by atoms with van der Waals surface area (Å²) in [4.78, 5) is 2.25. The van der Waals surface area contributed by atoms with Crippen molar-refractivity contribution in [3.63, 3.8) is 0 Å². The molecule has 5 heteroatoms. The largest absolute Gasteiger partial charge is 0.494 e. The molecule has 1 saturated heterocycles. The quantitative estimate of drug-likeness (QED) is 0.265. The van der Waals surface area contributed by atoms with Gasteiger partial charge in [-0.3, -0.25) is 0 Å². The van der Waals surface area contributed by atoms with Gasteiger partial charge in [-0.1, -0.05) is 60.7 Å². The number of benzene rings is 4. The Bertz CT molecular complexity index is 1370. The summed E-state index contributed by atoms with van der Waals surface area (Å²) in [5.41, 5.74) is 5.67. The Kier molecular flexibility index (Phi) is 5.03. The van der Waals surface area contributed by atoms with Gasteiger partial charge in [-0.05, 0) is 80.7 Å². The van der Waals surface area contributed by atoms with Gasteiger partial charge in [0.2, 0.25) is 0 Å². The molecule has 4 aromatic rings. The van der Waals surface area contributed by atoms with Gasteiger partial charge in [-0.2, -0.15) is 0 Å². The molecule has 0 unspecified atom stereocenters. The van der Waals surface area contributed by atoms with Gasteiger partial charge in [0.1, 0.15) is 0 Å². The van der Waals surface area contributed by atoms with E-state index in [2.05, 4.69) is 105 Å². The molecule has 0 aromatic heterocycles. The standard InChI is InChI=1S/C30H28BNO3/c1-29(2)30(3,4)35-31(34-29)23-17-14-21(15-18-23)22-16-19-26-28(20-22)33-27-13-9-8-12-25(27)32(26)24-10-6-5-7-11-24/h5-20H,1-4H3. The van der Waals surface area contributed by atoms with Gasteiger partial charge >= 0.3 is 7.12 Å². The molecule has 0 bridgehead atoms. The van der Waals surface area contributed by atoms with Crippen LogP contribution < -0.4 is 15.1 Å². The van der Waals surface area contributed by atoms with E-state index in [9.17, 15) is 0 Å². The number of anilines is 3. The fraction of sp³-hybridized carbons (Fsp3) is 0.200. The van der Waals surface area contributed by atoms with Crippen LogP contribution in [0.5, 0.6) is 11.5 Å². The van der Waals surface area contributed by atoms with Crippen molar-refractivity contribution in [2.45, 2.75) is 38.9 Å². The number of hydrogen-bond acceptors (Lipinski definition) is 4. The summed E-state index contributed by atoms with van der Waals surface area (Å²) in [7, 11) is -0.364. The van der Waals surface area contributed by atoms with Crippen LogP contribution in [-0.2, 0) is 9.31 Å². The molecule has 0 saturated carbocycles. The second-order valence-electron chi connectivity index (χ2n) is 10.1. The van der Waals surface area contributed by atoms with E-state index in [4.69, 9.17) is 14.0 Å². The van der Waals surface area contributed by atoms with Crippen molar-refractivity contribution in [2.24, 2.45) is 0 Å². The van der Waals surface area contributed by atoms with Crippen molar-refractivity contribution in [2.75, 3.05) is 4.90 Å². The van der Waals surface area contributed by atoms with Crippen LogP contribution in [-0.4, -0.2) is 18.3 Å². The first-order valence-electron chi connectivity index (χ1n) is 12.0. The molecule has 174 valence electrons. The maximum absolute atomic E-state index is 6.36. The monoisotopic (exact) mass is 461 g/mol. The third kappa shape index (κ3) is 3.72. The third-order valence-corrected chi connectivity index (χ3v) is 7.31. The van der Waals surface area contributed by atoms with Gasteiger partial charge in [0, 0.05) is 5.69 Å². The van der Waals surface area contributed by atoms with Crippen molar-refractivity contribution in [3.05, 3.63) is 97.1 Å². The van der Waals surface area contributed by atoms with E-state index < -0.39 is 0 Å². The second kappa shape index (κ2) is 8.01. The average Bonchev–Trinajstić information content (AvgIpc) is 3.09. The first-order chi connectivity index (χ1) is 16.8. The van der Waals surface area contributed by atoms with E-state index in [1.807, 2.05) is 24.3 Å². The lowest BCUT2D eigenvalue weighted by atomic mass is 9.78. The lowest BCUT2D eigenvalue weighted by Crippen LogP contribution is -2.41. The zero-order valence-corrected chi connectivity index (χ0v) is 20.5. The molecular weight excluding hydrogens is 433 g/mol. The van der Waals surface area contributed by atoms with E-state index in [0.717, 1.165) is 45.2 Å². The minimum atomic E-state index is -0.364. The predicted octanol–water partition coefficient (Wildman–Crippen LogP) is 7.23. The van der Waals surface area contributed by atoms with Crippen LogP contribution >= 0.6 is 0 Å². The van der Waals surface area contributed by atoms with Gasteiger partial charge in [0.25, 0.3) is 0 Å². The summed E-state index contributed by atoms with van der Waals surface area (Å²) in [6.45, 7) is 8.30. The molecule has 1 fully saturated rings. The molecule has 0 N–H and O–H groups in total. The second-order valence-corrected chi connectivity index (χ2v) is 10.1. The summed E-state index contributed by atoms with van der Waals surface area (Å²) >= 11 is 0. The van der Waals surface area contributed by atoms with Gasteiger partial charge in [0.05, 0.1) is 22.6 Å². The van der Waals surface area contributed by atoms with Crippen molar-refractivity contribution >= 4 is 29.6 Å². The lowest BCUT2D eigenvalue weighted by Gasteiger charge is -2.33. The molecule has 0 radical (unpaired) electrons. The van der Waals surface area contributed by atoms with Crippen molar-refractivity contribution in [3.8, 4) is 22.6 Å². The highest BCUT2D eigenvalue weighted by Crippen LogP contribution is 2.51. The fourth-order valence-corrected chi connectivity index (χ4v) is 4.60. The first-order valence-corrected chi connectivity index (χ1v) is 12.0. The van der Waals surface area contributed by atoms with Gasteiger partial charge in [-0.25, -0.2) is 0 Å². The predicted molar refractivity (Wildman–Crippen MR) is 142 cm³/mol. The average molecular weight is 461 g/mol. The molecule has 0 amide bonds. The Morgan fingerprint density at radius 2 is 1.20 bits per heavy atom. The molecule has 2 aliphatic rings. The topological polar surface area (TPSA) is 30.9 Å². The van der Waals surface area contributed by atoms with Gasteiger partial charge in [-0.15, -0.1) is 0 Å². The van der Waals surface area contributed by atoms with Crippen LogP contribution in [0.1, 0.15) is 27.7 Å². The van der Waals surface area contributed by atoms with Gasteiger partial charge < -0.3 is 18.9 Å². The van der Waals surface area contributed by atoms with E-state index >= 15 is 0 Å². The molecule has 2 aliphatic heterocycles. The highest BCUT2D eigenvalue weighted by atomic mass is 16.7. The molecule has 4 aromatic carbocycles. The molecule has 0 atom stereocenters. The van der Waals surface area contributed by atoms with Crippen LogP contribution in [0.2, 0.25) is 0 Å². The number of para-hydroxylation sites is 3. The normalized spacial score (nSPS) is 17.5. The Morgan fingerprint density at radius 3 is 1.91 bits per heavy atom. The molecule has 0 spiro atoms. The maximum atomic E-state index is 6.36. The van der Waals surface area contributed by atoms with E-state index in [0.29, 0.717) is 0 Å². The zero-order valence-electron chi connectivity index (χ0n) is 20.5. The number of fused-ring (bicyclic) bond motifs is 2. The van der Waals surface area contributed by atoms with Crippen molar-refractivity contribution in [1.82, 2.24) is 0 Å². The fourth-order valence-electron chi connectivity index (χ4n) is 4.60. The summed E-state index contributed by atoms with van der Waals surface area (Å²) in [5, 5.41) is 0. The van der Waals surface area contributed by atoms with Crippen LogP contribution in [0, 0.1) is 0 Å². The van der Waals surface area contributed by atoms with Crippen LogP contribution in [0.3, 0.4) is 0 Å². The maximum Gasteiger partial charge on any atom is 0.494 e. The summed E-state index contributed by atoms with van der Waals surface area (Å²) in [6.07, 6.45) is 0. The zero-order chi connectivity index (χ0) is 24.2. The number of nitrogens with zero attached hydrogens (tertiary/aromatic N) is 1. The molecule has 6 rings (SSSR count). The van der Waals surface area contributed by atoms with Gasteiger partial charge in [0.15, 0.2) is 11.5 Å². The van der Waals surface area contributed by atoms with Crippen LogP contribution in [0.25, 0.3) is 11.1 Å². The number of rotatable bonds is 3. The highest BCUT2D eigenvalue weighted by molar-refractivity contribution is 6.62. The Balaban J connectivity index is 1.33. The molecular formula is C30H28BNO3. The summed E-state index contributed by atoms with van der Waals surface area (Å²) in [5.74, 6) is 1.68. The van der Waals surface area contributed by atoms with Crippen molar-refractivity contribution in [1.29, 1.82) is 0 Å². The van der Waals surface area contributed by atoms with E-state index in [1.165, 1.54) is 0 Å². The Labute approximate surface area is 207 Å². The van der Waals surface area contributed by atoms with Crippen molar-refractivity contribution < 1.29 is 14.0 Å². The Hall–Kier alpha value is -3.54. The minimum absolute atomic E-state index is 0.354. The molecule has 4 nitrogen and oxygen atoms in total. The molecule has 2 heterocycles. The summed E-state index contributed by atoms with van der Waals surface area (Å²) in [6, 6.07) is 33.4. The summed E-state index contributed by atoms with van der Waals surface area (Å²) < 4.78 is 18.8. The Morgan fingerprint density at radius 1 is 0.600 bits per heavy atom.